The highest BCUT2D eigenvalue weighted by molar-refractivity contribution is 5.91. The topological polar surface area (TPSA) is 84.7 Å². The van der Waals surface area contributed by atoms with Crippen LogP contribution in [0.4, 0.5) is 5.82 Å². The molecule has 1 aromatic carbocycles. The zero-order chi connectivity index (χ0) is 18.2. The monoisotopic (exact) mass is 348 g/mol. The van der Waals surface area contributed by atoms with E-state index in [9.17, 15) is 4.79 Å². The molecule has 2 N–H and O–H groups in total. The summed E-state index contributed by atoms with van der Waals surface area (Å²) in [4.78, 5) is 11.9. The molecular weight excluding hydrogens is 328 g/mol. The van der Waals surface area contributed by atoms with E-state index in [0.717, 1.165) is 16.9 Å². The maximum Gasteiger partial charge on any atom is 0.244 e. The summed E-state index contributed by atoms with van der Waals surface area (Å²) in [6, 6.07) is 13.5. The Hall–Kier alpha value is -3.48. The number of aryl methyl sites for hydroxylation is 1. The number of anilines is 1. The minimum Gasteiger partial charge on any atom is -0.367 e. The number of hydrogen-bond donors (Lipinski definition) is 2. The molecule has 0 bridgehead atoms. The summed E-state index contributed by atoms with van der Waals surface area (Å²) in [5.41, 5.74) is 2.70. The highest BCUT2D eigenvalue weighted by Crippen LogP contribution is 2.08. The van der Waals surface area contributed by atoms with Gasteiger partial charge in [0.1, 0.15) is 5.82 Å². The summed E-state index contributed by atoms with van der Waals surface area (Å²) in [6.07, 6.45) is 6.82. The van der Waals surface area contributed by atoms with Crippen molar-refractivity contribution in [2.24, 2.45) is 0 Å². The molecule has 2 aromatic heterocycles. The van der Waals surface area contributed by atoms with Crippen LogP contribution in [0.25, 0.3) is 11.8 Å². The van der Waals surface area contributed by atoms with E-state index in [1.54, 1.807) is 17.0 Å². The van der Waals surface area contributed by atoms with Crippen molar-refractivity contribution < 1.29 is 4.79 Å². The summed E-state index contributed by atoms with van der Waals surface area (Å²) in [7, 11) is 0. The molecule has 0 spiro atoms. The van der Waals surface area contributed by atoms with Crippen molar-refractivity contribution in [3.8, 4) is 5.69 Å². The highest BCUT2D eigenvalue weighted by atomic mass is 16.1. The average Bonchev–Trinajstić information content (AvgIpc) is 3.15. The fourth-order valence-corrected chi connectivity index (χ4v) is 2.25. The van der Waals surface area contributed by atoms with Crippen LogP contribution in [0, 0.1) is 6.92 Å². The van der Waals surface area contributed by atoms with Crippen molar-refractivity contribution in [3.05, 3.63) is 72.2 Å². The minimum absolute atomic E-state index is 0.158. The van der Waals surface area contributed by atoms with Crippen LogP contribution in [0.5, 0.6) is 0 Å². The van der Waals surface area contributed by atoms with Crippen molar-refractivity contribution in [1.29, 1.82) is 0 Å². The van der Waals surface area contributed by atoms with Crippen molar-refractivity contribution >= 4 is 17.8 Å². The lowest BCUT2D eigenvalue weighted by Gasteiger charge is -2.05. The molecule has 0 fully saturated rings. The number of carbonyl (C=O) groups is 1. The molecule has 0 aliphatic heterocycles. The maximum absolute atomic E-state index is 11.9. The van der Waals surface area contributed by atoms with E-state index in [4.69, 9.17) is 0 Å². The molecule has 7 nitrogen and oxygen atoms in total. The molecule has 7 heteroatoms. The van der Waals surface area contributed by atoms with Gasteiger partial charge < -0.3 is 10.6 Å². The maximum atomic E-state index is 11.9. The smallest absolute Gasteiger partial charge is 0.244 e. The molecule has 3 aromatic rings. The number of para-hydroxylation sites is 1. The normalized spacial score (nSPS) is 10.8. The van der Waals surface area contributed by atoms with Crippen LogP contribution in [-0.4, -0.2) is 39.0 Å². The van der Waals surface area contributed by atoms with E-state index in [1.807, 2.05) is 55.6 Å². The third-order valence-electron chi connectivity index (χ3n) is 3.58. The Balaban J connectivity index is 1.43. The van der Waals surface area contributed by atoms with Gasteiger partial charge in [0.25, 0.3) is 0 Å². The number of rotatable bonds is 7. The van der Waals surface area contributed by atoms with Crippen molar-refractivity contribution in [2.45, 2.75) is 6.92 Å². The zero-order valence-electron chi connectivity index (χ0n) is 14.5. The zero-order valence-corrected chi connectivity index (χ0v) is 14.5. The third kappa shape index (κ3) is 5.01. The van der Waals surface area contributed by atoms with Gasteiger partial charge in [-0.3, -0.25) is 4.79 Å². The van der Waals surface area contributed by atoms with Crippen LogP contribution in [0.15, 0.2) is 60.9 Å². The Morgan fingerprint density at radius 3 is 2.73 bits per heavy atom. The first kappa shape index (κ1) is 17.3. The Labute approximate surface area is 151 Å². The van der Waals surface area contributed by atoms with Crippen LogP contribution in [0.3, 0.4) is 0 Å². The van der Waals surface area contributed by atoms with Gasteiger partial charge in [-0.25, -0.2) is 4.68 Å². The summed E-state index contributed by atoms with van der Waals surface area (Å²) < 4.78 is 1.77. The molecule has 0 saturated carbocycles. The van der Waals surface area contributed by atoms with Crippen LogP contribution in [0.2, 0.25) is 0 Å². The molecular formula is C19H20N6O. The molecule has 0 unspecified atom stereocenters. The Morgan fingerprint density at radius 1 is 1.12 bits per heavy atom. The lowest BCUT2D eigenvalue weighted by atomic mass is 10.3. The van der Waals surface area contributed by atoms with Gasteiger partial charge in [0.15, 0.2) is 0 Å². The van der Waals surface area contributed by atoms with Crippen molar-refractivity contribution in [3.63, 3.8) is 0 Å². The first-order chi connectivity index (χ1) is 12.7. The van der Waals surface area contributed by atoms with E-state index >= 15 is 0 Å². The summed E-state index contributed by atoms with van der Waals surface area (Å²) in [5.74, 6) is 0.531. The second kappa shape index (κ2) is 8.57. The van der Waals surface area contributed by atoms with Crippen molar-refractivity contribution in [1.82, 2.24) is 25.3 Å². The highest BCUT2D eigenvalue weighted by Gasteiger charge is 2.00. The summed E-state index contributed by atoms with van der Waals surface area (Å²) in [6.45, 7) is 2.94. The van der Waals surface area contributed by atoms with Gasteiger partial charge >= 0.3 is 0 Å². The van der Waals surface area contributed by atoms with Gasteiger partial charge in [0.2, 0.25) is 5.91 Å². The largest absolute Gasteiger partial charge is 0.367 e. The van der Waals surface area contributed by atoms with Crippen LogP contribution in [-0.2, 0) is 4.79 Å². The second-order valence-corrected chi connectivity index (χ2v) is 5.66. The van der Waals surface area contributed by atoms with Gasteiger partial charge in [-0.2, -0.15) is 10.2 Å². The number of carbonyl (C=O) groups excluding carboxylic acids is 1. The van der Waals surface area contributed by atoms with Crippen LogP contribution < -0.4 is 10.6 Å². The van der Waals surface area contributed by atoms with Gasteiger partial charge in [-0.1, -0.05) is 18.2 Å². The van der Waals surface area contributed by atoms with Crippen molar-refractivity contribution in [2.75, 3.05) is 18.4 Å². The lowest BCUT2D eigenvalue weighted by molar-refractivity contribution is -0.116. The molecule has 0 saturated heterocycles. The van der Waals surface area contributed by atoms with Gasteiger partial charge in [-0.15, -0.1) is 5.10 Å². The van der Waals surface area contributed by atoms with Gasteiger partial charge in [0.05, 0.1) is 17.6 Å². The van der Waals surface area contributed by atoms with E-state index < -0.39 is 0 Å². The molecule has 1 amide bonds. The van der Waals surface area contributed by atoms with Crippen LogP contribution in [0.1, 0.15) is 11.3 Å². The first-order valence-electron chi connectivity index (χ1n) is 8.31. The molecule has 132 valence electrons. The van der Waals surface area contributed by atoms with E-state index in [-0.39, 0.29) is 5.91 Å². The molecule has 3 rings (SSSR count). The predicted octanol–water partition coefficient (Wildman–Crippen LogP) is 2.21. The Kier molecular flexibility index (Phi) is 5.72. The quantitative estimate of drug-likeness (QED) is 0.505. The summed E-state index contributed by atoms with van der Waals surface area (Å²) >= 11 is 0. The number of hydrogen-bond acceptors (Lipinski definition) is 5. The predicted molar refractivity (Wildman–Crippen MR) is 101 cm³/mol. The first-order valence-corrected chi connectivity index (χ1v) is 8.31. The molecule has 0 aliphatic rings. The SMILES string of the molecule is Cc1ccc(NCCNC(=O)/C=C\c2cnn(-c3ccccc3)c2)nn1. The Bertz CT molecular complexity index is 871. The summed E-state index contributed by atoms with van der Waals surface area (Å²) in [5, 5.41) is 18.2. The third-order valence-corrected chi connectivity index (χ3v) is 3.58. The average molecular weight is 348 g/mol. The molecule has 26 heavy (non-hydrogen) atoms. The Morgan fingerprint density at radius 2 is 1.96 bits per heavy atom. The number of aromatic nitrogens is 4. The molecule has 0 atom stereocenters. The minimum atomic E-state index is -0.158. The number of amides is 1. The number of nitrogens with one attached hydrogen (secondary N) is 2. The van der Waals surface area contributed by atoms with Gasteiger partial charge in [-0.05, 0) is 37.3 Å². The standard InChI is InChI=1S/C19H20N6O/c1-15-7-9-18(24-23-15)20-11-12-21-19(26)10-8-16-13-22-25(14-16)17-5-3-2-4-6-17/h2-10,13-14H,11-12H2,1H3,(H,20,24)(H,21,26)/b10-8-. The second-order valence-electron chi connectivity index (χ2n) is 5.66. The van der Waals surface area contributed by atoms with Gasteiger partial charge in [0, 0.05) is 30.9 Å². The molecule has 0 aliphatic carbocycles. The van der Waals surface area contributed by atoms with E-state index in [0.29, 0.717) is 18.9 Å². The fraction of sp³-hybridized carbons (Fsp3) is 0.158. The van der Waals surface area contributed by atoms with Crippen LogP contribution >= 0.6 is 0 Å². The number of benzene rings is 1. The van der Waals surface area contributed by atoms with E-state index in [1.165, 1.54) is 6.08 Å². The molecule has 0 radical (unpaired) electrons. The number of nitrogens with zero attached hydrogens (tertiary/aromatic N) is 4. The fourth-order valence-electron chi connectivity index (χ4n) is 2.25. The molecule has 2 heterocycles. The lowest BCUT2D eigenvalue weighted by Crippen LogP contribution is -2.27. The van der Waals surface area contributed by atoms with E-state index in [2.05, 4.69) is 25.9 Å².